The first-order valence-corrected chi connectivity index (χ1v) is 7.32. The minimum absolute atomic E-state index is 0.256. The van der Waals surface area contributed by atoms with Crippen molar-refractivity contribution in [2.45, 2.75) is 76.7 Å². The van der Waals surface area contributed by atoms with Crippen LogP contribution in [0.4, 0.5) is 13.2 Å². The van der Waals surface area contributed by atoms with Gasteiger partial charge in [-0.25, -0.2) is 4.79 Å². The van der Waals surface area contributed by atoms with Crippen molar-refractivity contribution in [1.29, 1.82) is 0 Å². The second-order valence-corrected chi connectivity index (χ2v) is 5.21. The van der Waals surface area contributed by atoms with Gasteiger partial charge in [-0.2, -0.15) is 13.2 Å². The van der Waals surface area contributed by atoms with Gasteiger partial charge in [0.1, 0.15) is 12.2 Å². The number of carbonyl (C=O) groups is 2. The van der Waals surface area contributed by atoms with Crippen LogP contribution in [0.3, 0.4) is 0 Å². The van der Waals surface area contributed by atoms with E-state index in [0.29, 0.717) is 19.3 Å². The molecule has 21 heavy (non-hydrogen) atoms. The normalized spacial score (nSPS) is 20.8. The average Bonchev–Trinajstić information content (AvgIpc) is 2.41. The van der Waals surface area contributed by atoms with E-state index in [1.165, 1.54) is 0 Å². The molecule has 0 aromatic carbocycles. The Hall–Kier alpha value is -1.27. The molecule has 0 spiro atoms. The molecule has 2 atom stereocenters. The highest BCUT2D eigenvalue weighted by Gasteiger charge is 2.44. The summed E-state index contributed by atoms with van der Waals surface area (Å²) in [4.78, 5) is 22.3. The van der Waals surface area contributed by atoms with Crippen molar-refractivity contribution in [3.8, 4) is 0 Å². The highest BCUT2D eigenvalue weighted by molar-refractivity contribution is 5.76. The summed E-state index contributed by atoms with van der Waals surface area (Å²) in [7, 11) is 0. The van der Waals surface area contributed by atoms with Gasteiger partial charge in [0, 0.05) is 6.42 Å². The van der Waals surface area contributed by atoms with Crippen LogP contribution in [-0.2, 0) is 19.1 Å². The highest BCUT2D eigenvalue weighted by atomic mass is 19.4. The quantitative estimate of drug-likeness (QED) is 0.533. The summed E-state index contributed by atoms with van der Waals surface area (Å²) in [5.74, 6) is -2.67. The standard InChI is InChI=1S/C14H21F3O4/c1-2-3-4-5-7-11(21-13(19)14(15,16)17)10-8-6-9-12(18)20-10/h10-11H,2-9H2,1H3/t10-,11+/m1/s1. The van der Waals surface area contributed by atoms with Crippen LogP contribution in [0.5, 0.6) is 0 Å². The topological polar surface area (TPSA) is 52.6 Å². The summed E-state index contributed by atoms with van der Waals surface area (Å²) in [6.45, 7) is 2.02. The lowest BCUT2D eigenvalue weighted by Crippen LogP contribution is -2.40. The van der Waals surface area contributed by atoms with Crippen LogP contribution in [0, 0.1) is 0 Å². The number of carbonyl (C=O) groups excluding carboxylic acids is 2. The summed E-state index contributed by atoms with van der Waals surface area (Å²) in [5.41, 5.74) is 0. The van der Waals surface area contributed by atoms with Crippen LogP contribution in [-0.4, -0.2) is 30.3 Å². The summed E-state index contributed by atoms with van der Waals surface area (Å²) >= 11 is 0. The molecule has 0 amide bonds. The van der Waals surface area contributed by atoms with Gasteiger partial charge in [-0.3, -0.25) is 4.79 Å². The molecule has 0 aromatic rings. The van der Waals surface area contributed by atoms with E-state index in [2.05, 4.69) is 4.74 Å². The fourth-order valence-electron chi connectivity index (χ4n) is 2.29. The highest BCUT2D eigenvalue weighted by Crippen LogP contribution is 2.26. The number of unbranched alkanes of at least 4 members (excludes halogenated alkanes) is 3. The minimum atomic E-state index is -5.03. The van der Waals surface area contributed by atoms with Gasteiger partial charge in [0.15, 0.2) is 0 Å². The Morgan fingerprint density at radius 2 is 2.10 bits per heavy atom. The fourth-order valence-corrected chi connectivity index (χ4v) is 2.29. The maximum Gasteiger partial charge on any atom is 0.490 e. The number of rotatable bonds is 7. The third-order valence-electron chi connectivity index (χ3n) is 3.40. The zero-order valence-electron chi connectivity index (χ0n) is 12.1. The molecule has 1 heterocycles. The molecule has 1 aliphatic rings. The zero-order valence-corrected chi connectivity index (χ0v) is 12.1. The Morgan fingerprint density at radius 1 is 1.38 bits per heavy atom. The van der Waals surface area contributed by atoms with Crippen LogP contribution in [0.15, 0.2) is 0 Å². The predicted molar refractivity (Wildman–Crippen MR) is 68.4 cm³/mol. The van der Waals surface area contributed by atoms with Crippen LogP contribution >= 0.6 is 0 Å². The van der Waals surface area contributed by atoms with E-state index < -0.39 is 30.3 Å². The van der Waals surface area contributed by atoms with E-state index in [1.807, 2.05) is 6.92 Å². The van der Waals surface area contributed by atoms with Crippen LogP contribution < -0.4 is 0 Å². The number of hydrogen-bond donors (Lipinski definition) is 0. The van der Waals surface area contributed by atoms with Gasteiger partial charge in [-0.1, -0.05) is 26.2 Å². The fraction of sp³-hybridized carbons (Fsp3) is 0.857. The van der Waals surface area contributed by atoms with E-state index in [-0.39, 0.29) is 12.8 Å². The summed E-state index contributed by atoms with van der Waals surface area (Å²) in [5, 5.41) is 0. The second kappa shape index (κ2) is 8.24. The largest absolute Gasteiger partial charge is 0.490 e. The lowest BCUT2D eigenvalue weighted by atomic mass is 9.99. The van der Waals surface area contributed by atoms with Crippen molar-refractivity contribution >= 4 is 11.9 Å². The molecule has 0 unspecified atom stereocenters. The third-order valence-corrected chi connectivity index (χ3v) is 3.40. The summed E-state index contributed by atoms with van der Waals surface area (Å²) in [6.07, 6.45) is -1.87. The first-order chi connectivity index (χ1) is 9.84. The monoisotopic (exact) mass is 310 g/mol. The molecule has 1 rings (SSSR count). The lowest BCUT2D eigenvalue weighted by molar-refractivity contribution is -0.212. The van der Waals surface area contributed by atoms with E-state index in [9.17, 15) is 22.8 Å². The average molecular weight is 310 g/mol. The Balaban J connectivity index is 2.60. The molecule has 1 fully saturated rings. The molecule has 0 radical (unpaired) electrons. The molecule has 1 saturated heterocycles. The molecule has 122 valence electrons. The molecular formula is C14H21F3O4. The van der Waals surface area contributed by atoms with Gasteiger partial charge in [-0.15, -0.1) is 0 Å². The second-order valence-electron chi connectivity index (χ2n) is 5.21. The summed E-state index contributed by atoms with van der Waals surface area (Å²) < 4.78 is 46.5. The van der Waals surface area contributed by atoms with Crippen molar-refractivity contribution in [2.75, 3.05) is 0 Å². The maximum atomic E-state index is 12.3. The van der Waals surface area contributed by atoms with Crippen molar-refractivity contribution in [2.24, 2.45) is 0 Å². The number of ether oxygens (including phenoxy) is 2. The van der Waals surface area contributed by atoms with Gasteiger partial charge in [0.05, 0.1) is 0 Å². The Bertz CT molecular complexity index is 355. The molecule has 4 nitrogen and oxygen atoms in total. The Kier molecular flexibility index (Phi) is 6.98. The Morgan fingerprint density at radius 3 is 2.67 bits per heavy atom. The minimum Gasteiger partial charge on any atom is -0.458 e. The van der Waals surface area contributed by atoms with Crippen molar-refractivity contribution in [3.05, 3.63) is 0 Å². The molecule has 0 aliphatic carbocycles. The van der Waals surface area contributed by atoms with E-state index in [4.69, 9.17) is 4.74 Å². The van der Waals surface area contributed by atoms with E-state index in [0.717, 1.165) is 19.3 Å². The predicted octanol–water partition coefficient (Wildman–Crippen LogP) is 3.53. The number of cyclic esters (lactones) is 1. The first kappa shape index (κ1) is 17.8. The van der Waals surface area contributed by atoms with E-state index >= 15 is 0 Å². The van der Waals surface area contributed by atoms with Crippen molar-refractivity contribution in [1.82, 2.24) is 0 Å². The zero-order chi connectivity index (χ0) is 15.9. The van der Waals surface area contributed by atoms with Gasteiger partial charge < -0.3 is 9.47 Å². The summed E-state index contributed by atoms with van der Waals surface area (Å²) in [6, 6.07) is 0. The first-order valence-electron chi connectivity index (χ1n) is 7.32. The third kappa shape index (κ3) is 6.35. The van der Waals surface area contributed by atoms with Gasteiger partial charge in [0.2, 0.25) is 0 Å². The van der Waals surface area contributed by atoms with Gasteiger partial charge in [0.25, 0.3) is 0 Å². The molecule has 0 saturated carbocycles. The van der Waals surface area contributed by atoms with Crippen LogP contribution in [0.2, 0.25) is 0 Å². The number of halogens is 3. The Labute approximate surface area is 122 Å². The molecule has 0 bridgehead atoms. The SMILES string of the molecule is CCCCCC[C@H](OC(=O)C(F)(F)F)[C@H]1CCCC(=O)O1. The number of alkyl halides is 3. The van der Waals surface area contributed by atoms with Crippen LogP contribution in [0.25, 0.3) is 0 Å². The molecule has 0 aromatic heterocycles. The smallest absolute Gasteiger partial charge is 0.458 e. The molecule has 0 N–H and O–H groups in total. The molecule has 1 aliphatic heterocycles. The number of hydrogen-bond acceptors (Lipinski definition) is 4. The van der Waals surface area contributed by atoms with Gasteiger partial charge in [-0.05, 0) is 25.7 Å². The van der Waals surface area contributed by atoms with Crippen LogP contribution in [0.1, 0.15) is 58.3 Å². The lowest BCUT2D eigenvalue weighted by Gasteiger charge is -2.30. The molecular weight excluding hydrogens is 289 g/mol. The van der Waals surface area contributed by atoms with Gasteiger partial charge >= 0.3 is 18.1 Å². The maximum absolute atomic E-state index is 12.3. The van der Waals surface area contributed by atoms with E-state index in [1.54, 1.807) is 0 Å². The molecule has 7 heteroatoms. The number of esters is 2. The van der Waals surface area contributed by atoms with Crippen molar-refractivity contribution in [3.63, 3.8) is 0 Å². The van der Waals surface area contributed by atoms with Crippen molar-refractivity contribution < 1.29 is 32.2 Å².